The first kappa shape index (κ1) is 11.6. The van der Waals surface area contributed by atoms with Crippen molar-refractivity contribution in [1.29, 1.82) is 0 Å². The molecule has 0 saturated carbocycles. The van der Waals surface area contributed by atoms with E-state index >= 15 is 0 Å². The van der Waals surface area contributed by atoms with Crippen LogP contribution in [-0.4, -0.2) is 0 Å². The molecule has 0 amide bonds. The molecule has 0 N–H and O–H groups in total. The first-order chi connectivity index (χ1) is 7.00. The highest BCUT2D eigenvalue weighted by Crippen LogP contribution is 2.09. The van der Waals surface area contributed by atoms with E-state index in [9.17, 15) is 0 Å². The van der Waals surface area contributed by atoms with Crippen LogP contribution in [0.2, 0.25) is 0 Å². The summed E-state index contributed by atoms with van der Waals surface area (Å²) in [6.07, 6.45) is 23.5. The Kier molecular flexibility index (Phi) is 7.47. The van der Waals surface area contributed by atoms with Gasteiger partial charge in [0.05, 0.1) is 0 Å². The summed E-state index contributed by atoms with van der Waals surface area (Å²) in [4.78, 5) is 0. The molecule has 14 heavy (non-hydrogen) atoms. The van der Waals surface area contributed by atoms with Crippen LogP contribution in [0.25, 0.3) is 0 Å². The van der Waals surface area contributed by atoms with E-state index in [0.29, 0.717) is 0 Å². The van der Waals surface area contributed by atoms with Crippen molar-refractivity contribution in [3.63, 3.8) is 0 Å². The van der Waals surface area contributed by atoms with Gasteiger partial charge in [-0.05, 0) is 51.4 Å². The van der Waals surface area contributed by atoms with Crippen LogP contribution in [-0.2, 0) is 0 Å². The fourth-order valence-electron chi connectivity index (χ4n) is 1.76. The summed E-state index contributed by atoms with van der Waals surface area (Å²) in [6, 6.07) is 0. The maximum atomic E-state index is 2.38. The zero-order valence-electron chi connectivity index (χ0n) is 9.25. The van der Waals surface area contributed by atoms with E-state index in [-0.39, 0.29) is 0 Å². The molecule has 1 aliphatic carbocycles. The molecule has 79 valence electrons. The van der Waals surface area contributed by atoms with E-state index < -0.39 is 0 Å². The molecule has 0 heteroatoms. The molecule has 0 unspecified atom stereocenters. The Balaban J connectivity index is 2.16. The largest absolute Gasteiger partial charge is 0.0885 e. The van der Waals surface area contributed by atoms with E-state index in [2.05, 4.69) is 30.7 Å². The van der Waals surface area contributed by atoms with Crippen molar-refractivity contribution in [3.05, 3.63) is 30.7 Å². The van der Waals surface area contributed by atoms with Gasteiger partial charge in [0.1, 0.15) is 0 Å². The molecule has 0 spiro atoms. The molecule has 0 saturated heterocycles. The van der Waals surface area contributed by atoms with Crippen molar-refractivity contribution in [1.82, 2.24) is 0 Å². The van der Waals surface area contributed by atoms with Gasteiger partial charge in [-0.1, -0.05) is 37.1 Å². The Hall–Kier alpha value is -0.520. The summed E-state index contributed by atoms with van der Waals surface area (Å²) >= 11 is 0. The monoisotopic (exact) mass is 191 g/mol. The Morgan fingerprint density at radius 1 is 0.500 bits per heavy atom. The first-order valence-electron chi connectivity index (χ1n) is 6.12. The fraction of sp³-hybridized carbons (Fsp3) is 0.643. The highest BCUT2D eigenvalue weighted by atomic mass is 14.0. The lowest BCUT2D eigenvalue weighted by Crippen LogP contribution is -1.79. The van der Waals surface area contributed by atoms with Crippen molar-refractivity contribution in [3.8, 4) is 0 Å². The molecule has 1 radical (unpaired) electrons. The lowest BCUT2D eigenvalue weighted by molar-refractivity contribution is 0.651. The zero-order valence-corrected chi connectivity index (χ0v) is 9.25. The molecule has 0 fully saturated rings. The molecule has 0 atom stereocenters. The quantitative estimate of drug-likeness (QED) is 0.481. The second kappa shape index (κ2) is 9.05. The molecular weight excluding hydrogens is 168 g/mol. The zero-order chi connectivity index (χ0) is 9.90. The molecule has 0 aromatic carbocycles. The minimum Gasteiger partial charge on any atom is -0.0885 e. The minimum atomic E-state index is 1.16. The van der Waals surface area contributed by atoms with Gasteiger partial charge in [0.25, 0.3) is 0 Å². The molecular formula is C14H23. The summed E-state index contributed by atoms with van der Waals surface area (Å²) in [5.41, 5.74) is 0. The molecule has 0 bridgehead atoms. The van der Waals surface area contributed by atoms with Crippen LogP contribution in [0.1, 0.15) is 57.8 Å². The minimum absolute atomic E-state index is 1.16. The van der Waals surface area contributed by atoms with Crippen LogP contribution >= 0.6 is 0 Å². The average molecular weight is 191 g/mol. The van der Waals surface area contributed by atoms with Crippen LogP contribution in [0.5, 0.6) is 0 Å². The van der Waals surface area contributed by atoms with Gasteiger partial charge in [0, 0.05) is 0 Å². The topological polar surface area (TPSA) is 0 Å². The van der Waals surface area contributed by atoms with Crippen LogP contribution in [0.15, 0.2) is 24.3 Å². The summed E-state index contributed by atoms with van der Waals surface area (Å²) in [5.74, 6) is 0. The van der Waals surface area contributed by atoms with Crippen molar-refractivity contribution in [2.75, 3.05) is 0 Å². The van der Waals surface area contributed by atoms with Crippen LogP contribution < -0.4 is 0 Å². The number of allylic oxidation sites excluding steroid dienone is 4. The van der Waals surface area contributed by atoms with Gasteiger partial charge in [-0.15, -0.1) is 0 Å². The third-order valence-electron chi connectivity index (χ3n) is 2.67. The van der Waals surface area contributed by atoms with Gasteiger partial charge in [0.2, 0.25) is 0 Å². The van der Waals surface area contributed by atoms with Crippen LogP contribution in [0.3, 0.4) is 0 Å². The van der Waals surface area contributed by atoms with Gasteiger partial charge < -0.3 is 0 Å². The predicted molar refractivity (Wildman–Crippen MR) is 64.1 cm³/mol. The first-order valence-corrected chi connectivity index (χ1v) is 6.12. The van der Waals surface area contributed by atoms with Crippen LogP contribution in [0.4, 0.5) is 0 Å². The van der Waals surface area contributed by atoms with Gasteiger partial charge in [-0.3, -0.25) is 0 Å². The lowest BCUT2D eigenvalue weighted by Gasteiger charge is -1.99. The van der Waals surface area contributed by atoms with E-state index in [1.165, 1.54) is 51.4 Å². The normalized spacial score (nSPS) is 26.3. The SMILES string of the molecule is [CH]1C/C=C\CCCCCC/C=C\CC1. The molecule has 1 aliphatic rings. The fourth-order valence-corrected chi connectivity index (χ4v) is 1.76. The molecule has 0 aliphatic heterocycles. The molecule has 1 rings (SSSR count). The Bertz CT molecular complexity index is 145. The number of hydrogen-bond acceptors (Lipinski definition) is 0. The standard InChI is InChI=1S/C14H23/c1-2-4-6-8-10-12-14-13-11-9-7-5-3-1/h1-2,5,11,13H,3-4,6-10,12,14H2/b2-1-,13-11-. The van der Waals surface area contributed by atoms with E-state index in [1.807, 2.05) is 0 Å². The second-order valence-corrected chi connectivity index (χ2v) is 4.04. The smallest absolute Gasteiger partial charge is 0.0319 e. The second-order valence-electron chi connectivity index (χ2n) is 4.04. The lowest BCUT2D eigenvalue weighted by atomic mass is 10.1. The Morgan fingerprint density at radius 3 is 1.93 bits per heavy atom. The van der Waals surface area contributed by atoms with E-state index in [1.54, 1.807) is 0 Å². The summed E-state index contributed by atoms with van der Waals surface area (Å²) < 4.78 is 0. The predicted octanol–water partition coefficient (Wildman–Crippen LogP) is 4.83. The average Bonchev–Trinajstić information content (AvgIpc) is 2.22. The van der Waals surface area contributed by atoms with Crippen molar-refractivity contribution < 1.29 is 0 Å². The van der Waals surface area contributed by atoms with E-state index in [4.69, 9.17) is 0 Å². The summed E-state index contributed by atoms with van der Waals surface area (Å²) in [7, 11) is 0. The third kappa shape index (κ3) is 6.94. The number of rotatable bonds is 0. The van der Waals surface area contributed by atoms with Crippen molar-refractivity contribution >= 4 is 0 Å². The highest BCUT2D eigenvalue weighted by Gasteiger charge is 1.89. The van der Waals surface area contributed by atoms with Gasteiger partial charge in [0.15, 0.2) is 0 Å². The summed E-state index contributed by atoms with van der Waals surface area (Å²) in [5, 5.41) is 0. The van der Waals surface area contributed by atoms with Gasteiger partial charge in [-0.2, -0.15) is 0 Å². The number of hydrogen-bond donors (Lipinski definition) is 0. The van der Waals surface area contributed by atoms with Crippen LogP contribution in [0, 0.1) is 6.42 Å². The maximum Gasteiger partial charge on any atom is -0.0319 e. The highest BCUT2D eigenvalue weighted by molar-refractivity contribution is 4.89. The summed E-state index contributed by atoms with van der Waals surface area (Å²) in [6.45, 7) is 0. The maximum absolute atomic E-state index is 2.38. The third-order valence-corrected chi connectivity index (χ3v) is 2.67. The van der Waals surface area contributed by atoms with Gasteiger partial charge >= 0.3 is 0 Å². The van der Waals surface area contributed by atoms with Crippen molar-refractivity contribution in [2.24, 2.45) is 0 Å². The van der Waals surface area contributed by atoms with Gasteiger partial charge in [-0.25, -0.2) is 0 Å². The molecule has 0 aromatic heterocycles. The molecule has 0 heterocycles. The Morgan fingerprint density at radius 2 is 1.14 bits per heavy atom. The Labute approximate surface area is 89.1 Å². The van der Waals surface area contributed by atoms with E-state index in [0.717, 1.165) is 6.42 Å². The molecule has 0 nitrogen and oxygen atoms in total. The van der Waals surface area contributed by atoms with Crippen molar-refractivity contribution in [2.45, 2.75) is 57.8 Å². The molecule has 0 aromatic rings.